The van der Waals surface area contributed by atoms with Gasteiger partial charge in [-0.15, -0.1) is 0 Å². The van der Waals surface area contributed by atoms with Crippen LogP contribution in [0.5, 0.6) is 0 Å². The van der Waals surface area contributed by atoms with E-state index in [2.05, 4.69) is 5.32 Å². The first-order chi connectivity index (χ1) is 16.5. The first-order valence-corrected chi connectivity index (χ1v) is 13.0. The van der Waals surface area contributed by atoms with Crippen molar-refractivity contribution in [3.8, 4) is 0 Å². The molecule has 0 radical (unpaired) electrons. The lowest BCUT2D eigenvalue weighted by atomic mass is 10.1. The summed E-state index contributed by atoms with van der Waals surface area (Å²) in [6.45, 7) is 3.39. The quantitative estimate of drug-likeness (QED) is 0.441. The number of amides is 2. The van der Waals surface area contributed by atoms with E-state index in [0.29, 0.717) is 10.6 Å². The summed E-state index contributed by atoms with van der Waals surface area (Å²) >= 11 is 5.92. The molecule has 0 aliphatic rings. The Morgan fingerprint density at radius 1 is 1.03 bits per heavy atom. The maximum absolute atomic E-state index is 14.8. The molecule has 184 valence electrons. The molecule has 9 heteroatoms. The number of anilines is 1. The molecule has 0 fully saturated rings. The van der Waals surface area contributed by atoms with Crippen LogP contribution in [-0.2, 0) is 21.1 Å². The average Bonchev–Trinajstić information content (AvgIpc) is 2.83. The van der Waals surface area contributed by atoms with Crippen LogP contribution in [0.1, 0.15) is 41.4 Å². The minimum Gasteiger partial charge on any atom is -0.335 e. The van der Waals surface area contributed by atoms with Crippen molar-refractivity contribution in [1.29, 1.82) is 0 Å². The van der Waals surface area contributed by atoms with Gasteiger partial charge in [-0.1, -0.05) is 42.8 Å². The first-order valence-electron chi connectivity index (χ1n) is 11.0. The van der Waals surface area contributed by atoms with Gasteiger partial charge in [0.1, 0.15) is 5.82 Å². The molecule has 0 aromatic heterocycles. The first kappa shape index (κ1) is 26.4. The van der Waals surface area contributed by atoms with Gasteiger partial charge >= 0.3 is 0 Å². The minimum atomic E-state index is -3.32. The highest BCUT2D eigenvalue weighted by Crippen LogP contribution is 2.24. The van der Waals surface area contributed by atoms with Gasteiger partial charge in [-0.25, -0.2) is 12.8 Å². The summed E-state index contributed by atoms with van der Waals surface area (Å²) in [7, 11) is -1.72. The van der Waals surface area contributed by atoms with Crippen molar-refractivity contribution in [3.63, 3.8) is 0 Å². The molecule has 0 saturated heterocycles. The Labute approximate surface area is 209 Å². The molecule has 0 heterocycles. The maximum Gasteiger partial charge on any atom is 0.257 e. The molecule has 0 saturated carbocycles. The fourth-order valence-electron chi connectivity index (χ4n) is 3.47. The Morgan fingerprint density at radius 3 is 2.23 bits per heavy atom. The molecule has 0 aliphatic carbocycles. The Hall–Kier alpha value is -3.23. The topological polar surface area (TPSA) is 83.5 Å². The zero-order valence-electron chi connectivity index (χ0n) is 19.6. The number of rotatable bonds is 8. The monoisotopic (exact) mass is 516 g/mol. The Kier molecular flexibility index (Phi) is 8.30. The third-order valence-electron chi connectivity index (χ3n) is 5.76. The highest BCUT2D eigenvalue weighted by molar-refractivity contribution is 7.91. The van der Waals surface area contributed by atoms with Crippen LogP contribution in [0, 0.1) is 5.82 Å². The molecule has 35 heavy (non-hydrogen) atoms. The second kappa shape index (κ2) is 11.0. The summed E-state index contributed by atoms with van der Waals surface area (Å²) in [5.41, 5.74) is 1.57. The van der Waals surface area contributed by atoms with E-state index in [1.165, 1.54) is 29.2 Å². The minimum absolute atomic E-state index is 0.00722. The third-order valence-corrected chi connectivity index (χ3v) is 7.77. The van der Waals surface area contributed by atoms with Gasteiger partial charge in [0, 0.05) is 17.8 Å². The van der Waals surface area contributed by atoms with Crippen molar-refractivity contribution in [2.75, 3.05) is 18.1 Å². The summed E-state index contributed by atoms with van der Waals surface area (Å²) in [5, 5.41) is 3.19. The standard InChI is InChI=1S/C26H26ClFN2O4S/c1-4-35(33,34)22-12-5-18(6-13-22)15-25(31)29-21-11-14-23(24(28)16-21)26(32)30(3)17(2)19-7-9-20(27)10-8-19/h5-14,16-17H,4,15H2,1-3H3,(H,29,31)/t17-/m1/s1. The number of carbonyl (C=O) groups is 2. The number of nitrogens with zero attached hydrogens (tertiary/aromatic N) is 1. The van der Waals surface area contributed by atoms with E-state index in [0.717, 1.165) is 11.6 Å². The second-order valence-corrected chi connectivity index (χ2v) is 10.8. The van der Waals surface area contributed by atoms with Crippen LogP contribution >= 0.6 is 11.6 Å². The van der Waals surface area contributed by atoms with Gasteiger partial charge in [-0.05, 0) is 60.5 Å². The summed E-state index contributed by atoms with van der Waals surface area (Å²) in [6, 6.07) is 16.7. The average molecular weight is 517 g/mol. The lowest BCUT2D eigenvalue weighted by molar-refractivity contribution is -0.115. The predicted octanol–water partition coefficient (Wildman–Crippen LogP) is 5.29. The van der Waals surface area contributed by atoms with Crippen molar-refractivity contribution in [2.45, 2.75) is 31.2 Å². The highest BCUT2D eigenvalue weighted by atomic mass is 35.5. The smallest absolute Gasteiger partial charge is 0.257 e. The van der Waals surface area contributed by atoms with Crippen molar-refractivity contribution < 1.29 is 22.4 Å². The van der Waals surface area contributed by atoms with Crippen LogP contribution in [0.25, 0.3) is 0 Å². The predicted molar refractivity (Wildman–Crippen MR) is 135 cm³/mol. The number of nitrogens with one attached hydrogen (secondary N) is 1. The Balaban J connectivity index is 1.65. The summed E-state index contributed by atoms with van der Waals surface area (Å²) in [5.74, 6) is -1.66. The number of hydrogen-bond donors (Lipinski definition) is 1. The number of carbonyl (C=O) groups excluding carboxylic acids is 2. The maximum atomic E-state index is 14.8. The van der Waals surface area contributed by atoms with Gasteiger partial charge in [0.2, 0.25) is 5.91 Å². The van der Waals surface area contributed by atoms with Crippen LogP contribution in [0.4, 0.5) is 10.1 Å². The number of benzene rings is 3. The molecule has 3 aromatic rings. The van der Waals surface area contributed by atoms with Crippen LogP contribution in [0.3, 0.4) is 0 Å². The van der Waals surface area contributed by atoms with Crippen molar-refractivity contribution in [1.82, 2.24) is 4.90 Å². The van der Waals surface area contributed by atoms with Crippen molar-refractivity contribution in [2.24, 2.45) is 0 Å². The number of halogens is 2. The summed E-state index contributed by atoms with van der Waals surface area (Å²) < 4.78 is 38.6. The summed E-state index contributed by atoms with van der Waals surface area (Å²) in [4.78, 5) is 26.9. The van der Waals surface area contributed by atoms with Crippen molar-refractivity contribution >= 4 is 38.9 Å². The Morgan fingerprint density at radius 2 is 1.66 bits per heavy atom. The number of sulfone groups is 1. The van der Waals surface area contributed by atoms with Gasteiger partial charge in [-0.2, -0.15) is 0 Å². The lowest BCUT2D eigenvalue weighted by Gasteiger charge is -2.25. The zero-order valence-corrected chi connectivity index (χ0v) is 21.2. The van der Waals surface area contributed by atoms with Gasteiger partial charge in [0.05, 0.1) is 28.7 Å². The van der Waals surface area contributed by atoms with E-state index >= 15 is 0 Å². The molecular formula is C26H26ClFN2O4S. The van der Waals surface area contributed by atoms with Crippen LogP contribution in [-0.4, -0.2) is 37.9 Å². The van der Waals surface area contributed by atoms with Gasteiger partial charge in [0.25, 0.3) is 5.91 Å². The van der Waals surface area contributed by atoms with E-state index in [-0.39, 0.29) is 34.4 Å². The lowest BCUT2D eigenvalue weighted by Crippen LogP contribution is -2.30. The highest BCUT2D eigenvalue weighted by Gasteiger charge is 2.22. The van der Waals surface area contributed by atoms with E-state index in [1.807, 2.05) is 19.1 Å². The van der Waals surface area contributed by atoms with Crippen molar-refractivity contribution in [3.05, 3.63) is 94.3 Å². The SMILES string of the molecule is CCS(=O)(=O)c1ccc(CC(=O)Nc2ccc(C(=O)N(C)[C@H](C)c3ccc(Cl)cc3)c(F)c2)cc1. The van der Waals surface area contributed by atoms with E-state index in [1.54, 1.807) is 38.2 Å². The van der Waals surface area contributed by atoms with Crippen LogP contribution in [0.2, 0.25) is 5.02 Å². The molecule has 6 nitrogen and oxygen atoms in total. The molecule has 1 atom stereocenters. The molecule has 1 N–H and O–H groups in total. The molecule has 0 aliphatic heterocycles. The van der Waals surface area contributed by atoms with Gasteiger partial charge in [0.15, 0.2) is 9.84 Å². The molecular weight excluding hydrogens is 491 g/mol. The summed E-state index contributed by atoms with van der Waals surface area (Å²) in [6.07, 6.45) is -0.0178. The van der Waals surface area contributed by atoms with Crippen LogP contribution in [0.15, 0.2) is 71.6 Å². The molecule has 0 bridgehead atoms. The number of hydrogen-bond acceptors (Lipinski definition) is 4. The van der Waals surface area contributed by atoms with Gasteiger partial charge in [-0.3, -0.25) is 9.59 Å². The molecule has 0 spiro atoms. The van der Waals surface area contributed by atoms with E-state index in [4.69, 9.17) is 11.6 Å². The van der Waals surface area contributed by atoms with Gasteiger partial charge < -0.3 is 10.2 Å². The van der Waals surface area contributed by atoms with Crippen LogP contribution < -0.4 is 5.32 Å². The largest absolute Gasteiger partial charge is 0.335 e. The molecule has 3 aromatic carbocycles. The zero-order chi connectivity index (χ0) is 25.8. The van der Waals surface area contributed by atoms with E-state index < -0.39 is 27.5 Å². The molecule has 0 unspecified atom stereocenters. The fourth-order valence-corrected chi connectivity index (χ4v) is 4.48. The van der Waals surface area contributed by atoms with E-state index in [9.17, 15) is 22.4 Å². The molecule has 2 amide bonds. The third kappa shape index (κ3) is 6.46. The molecule has 3 rings (SSSR count). The fraction of sp³-hybridized carbons (Fsp3) is 0.231. The second-order valence-electron chi connectivity index (χ2n) is 8.11. The Bertz CT molecular complexity index is 1330. The normalized spacial score (nSPS) is 12.1.